The van der Waals surface area contributed by atoms with Crippen LogP contribution in [0.25, 0.3) is 0 Å². The molecule has 25 heavy (non-hydrogen) atoms. The van der Waals surface area contributed by atoms with Gasteiger partial charge in [-0.05, 0) is 24.6 Å². The van der Waals surface area contributed by atoms with Crippen molar-refractivity contribution in [2.75, 3.05) is 11.9 Å². The number of nitro benzene ring substituents is 1. The van der Waals surface area contributed by atoms with Crippen LogP contribution in [0.4, 0.5) is 11.4 Å². The SMILES string of the molecule is Cc1ccc(Cl)c(NC(=O)COC(=O)c2cccc([N+](=O)[O-])c2)c1Cl. The van der Waals surface area contributed by atoms with E-state index in [-0.39, 0.29) is 27.0 Å². The quantitative estimate of drug-likeness (QED) is 0.478. The van der Waals surface area contributed by atoms with Crippen molar-refractivity contribution in [2.45, 2.75) is 6.92 Å². The Balaban J connectivity index is 2.01. The second kappa shape index (κ2) is 7.96. The molecule has 0 saturated heterocycles. The van der Waals surface area contributed by atoms with Crippen LogP contribution in [0.1, 0.15) is 15.9 Å². The number of nitrogens with one attached hydrogen (secondary N) is 1. The number of nitrogens with zero attached hydrogens (tertiary/aromatic N) is 1. The number of halogens is 2. The molecule has 2 aromatic carbocycles. The number of benzene rings is 2. The van der Waals surface area contributed by atoms with Gasteiger partial charge in [0.2, 0.25) is 0 Å². The first-order valence-electron chi connectivity index (χ1n) is 6.95. The molecule has 0 aromatic heterocycles. The zero-order valence-corrected chi connectivity index (χ0v) is 14.4. The van der Waals surface area contributed by atoms with Gasteiger partial charge >= 0.3 is 5.97 Å². The van der Waals surface area contributed by atoms with E-state index in [9.17, 15) is 19.7 Å². The molecular weight excluding hydrogens is 371 g/mol. The van der Waals surface area contributed by atoms with Gasteiger partial charge < -0.3 is 10.1 Å². The molecule has 0 spiro atoms. The van der Waals surface area contributed by atoms with Crippen LogP contribution in [-0.4, -0.2) is 23.4 Å². The molecule has 0 aliphatic heterocycles. The Kier molecular flexibility index (Phi) is 5.95. The van der Waals surface area contributed by atoms with Crippen molar-refractivity contribution < 1.29 is 19.2 Å². The zero-order valence-electron chi connectivity index (χ0n) is 12.9. The van der Waals surface area contributed by atoms with Gasteiger partial charge in [0.1, 0.15) is 0 Å². The minimum Gasteiger partial charge on any atom is -0.452 e. The van der Waals surface area contributed by atoms with E-state index in [1.165, 1.54) is 18.2 Å². The van der Waals surface area contributed by atoms with Gasteiger partial charge in [-0.25, -0.2) is 4.79 Å². The summed E-state index contributed by atoms with van der Waals surface area (Å²) in [6.07, 6.45) is 0. The first kappa shape index (κ1) is 18.7. The van der Waals surface area contributed by atoms with Crippen LogP contribution < -0.4 is 5.32 Å². The third-order valence-corrected chi connectivity index (χ3v) is 3.98. The summed E-state index contributed by atoms with van der Waals surface area (Å²) in [4.78, 5) is 33.9. The Hall–Kier alpha value is -2.64. The molecule has 7 nitrogen and oxygen atoms in total. The van der Waals surface area contributed by atoms with E-state index < -0.39 is 23.4 Å². The van der Waals surface area contributed by atoms with Crippen molar-refractivity contribution >= 4 is 46.5 Å². The summed E-state index contributed by atoms with van der Waals surface area (Å²) in [6.45, 7) is 1.15. The van der Waals surface area contributed by atoms with Gasteiger partial charge in [0.15, 0.2) is 6.61 Å². The van der Waals surface area contributed by atoms with Gasteiger partial charge in [-0.15, -0.1) is 0 Å². The number of hydrogen-bond acceptors (Lipinski definition) is 5. The second-order valence-electron chi connectivity index (χ2n) is 4.99. The number of non-ortho nitro benzene ring substituents is 1. The van der Waals surface area contributed by atoms with Gasteiger partial charge in [0.25, 0.3) is 11.6 Å². The fourth-order valence-corrected chi connectivity index (χ4v) is 2.37. The van der Waals surface area contributed by atoms with E-state index in [1.54, 1.807) is 19.1 Å². The van der Waals surface area contributed by atoms with E-state index in [1.807, 2.05) is 0 Å². The Morgan fingerprint density at radius 2 is 1.96 bits per heavy atom. The third-order valence-electron chi connectivity index (χ3n) is 3.18. The van der Waals surface area contributed by atoms with Crippen LogP contribution in [0.2, 0.25) is 10.0 Å². The Morgan fingerprint density at radius 3 is 2.64 bits per heavy atom. The maximum Gasteiger partial charge on any atom is 0.338 e. The number of carbonyl (C=O) groups is 2. The van der Waals surface area contributed by atoms with Crippen molar-refractivity contribution in [3.8, 4) is 0 Å². The molecule has 0 bridgehead atoms. The largest absolute Gasteiger partial charge is 0.452 e. The van der Waals surface area contributed by atoms with Crippen molar-refractivity contribution in [2.24, 2.45) is 0 Å². The van der Waals surface area contributed by atoms with E-state index >= 15 is 0 Å². The molecule has 130 valence electrons. The van der Waals surface area contributed by atoms with Gasteiger partial charge in [0, 0.05) is 12.1 Å². The number of amides is 1. The predicted molar refractivity (Wildman–Crippen MR) is 93.2 cm³/mol. The molecular formula is C16H12Cl2N2O5. The van der Waals surface area contributed by atoms with Crippen LogP contribution in [0.15, 0.2) is 36.4 Å². The summed E-state index contributed by atoms with van der Waals surface area (Å²) < 4.78 is 4.85. The average Bonchev–Trinajstić information content (AvgIpc) is 2.60. The molecule has 2 rings (SSSR count). The molecule has 9 heteroatoms. The molecule has 2 aromatic rings. The van der Waals surface area contributed by atoms with Gasteiger partial charge in [-0.1, -0.05) is 35.3 Å². The Morgan fingerprint density at radius 1 is 1.24 bits per heavy atom. The molecule has 0 aliphatic carbocycles. The second-order valence-corrected chi connectivity index (χ2v) is 5.77. The van der Waals surface area contributed by atoms with Crippen LogP contribution >= 0.6 is 23.2 Å². The fourth-order valence-electron chi connectivity index (χ4n) is 1.91. The highest BCUT2D eigenvalue weighted by molar-refractivity contribution is 6.40. The average molecular weight is 383 g/mol. The number of nitro groups is 1. The highest BCUT2D eigenvalue weighted by Gasteiger charge is 2.16. The summed E-state index contributed by atoms with van der Waals surface area (Å²) in [5, 5.41) is 13.7. The first-order chi connectivity index (χ1) is 11.8. The molecule has 0 aliphatic rings. The number of esters is 1. The van der Waals surface area contributed by atoms with Gasteiger partial charge in [0.05, 0.1) is 26.2 Å². The zero-order chi connectivity index (χ0) is 18.6. The van der Waals surface area contributed by atoms with Crippen LogP contribution in [-0.2, 0) is 9.53 Å². The third kappa shape index (κ3) is 4.68. The van der Waals surface area contributed by atoms with Crippen molar-refractivity contribution in [1.29, 1.82) is 0 Å². The molecule has 0 radical (unpaired) electrons. The number of anilines is 1. The van der Waals surface area contributed by atoms with Crippen LogP contribution in [0.5, 0.6) is 0 Å². The molecule has 1 amide bonds. The summed E-state index contributed by atoms with van der Waals surface area (Å²) in [6, 6.07) is 8.28. The topological polar surface area (TPSA) is 98.5 Å². The maximum absolute atomic E-state index is 11.9. The first-order valence-corrected chi connectivity index (χ1v) is 7.71. The lowest BCUT2D eigenvalue weighted by atomic mass is 10.2. The summed E-state index contributed by atoms with van der Waals surface area (Å²) >= 11 is 12.1. The Bertz CT molecular complexity index is 854. The molecule has 0 atom stereocenters. The smallest absolute Gasteiger partial charge is 0.338 e. The number of carbonyl (C=O) groups excluding carboxylic acids is 2. The highest BCUT2D eigenvalue weighted by atomic mass is 35.5. The Labute approximate surface area is 152 Å². The lowest BCUT2D eigenvalue weighted by Crippen LogP contribution is -2.21. The van der Waals surface area contributed by atoms with E-state index in [2.05, 4.69) is 5.32 Å². The van der Waals surface area contributed by atoms with Crippen molar-refractivity contribution in [1.82, 2.24) is 0 Å². The molecule has 0 fully saturated rings. The monoisotopic (exact) mass is 382 g/mol. The summed E-state index contributed by atoms with van der Waals surface area (Å²) in [5.41, 5.74) is 0.653. The number of aryl methyl sites for hydroxylation is 1. The summed E-state index contributed by atoms with van der Waals surface area (Å²) in [7, 11) is 0. The number of rotatable bonds is 5. The highest BCUT2D eigenvalue weighted by Crippen LogP contribution is 2.32. The van der Waals surface area contributed by atoms with Crippen LogP contribution in [0, 0.1) is 17.0 Å². The molecule has 0 heterocycles. The lowest BCUT2D eigenvalue weighted by Gasteiger charge is -2.11. The molecule has 0 saturated carbocycles. The normalized spacial score (nSPS) is 10.2. The summed E-state index contributed by atoms with van der Waals surface area (Å²) in [5.74, 6) is -1.51. The molecule has 1 N–H and O–H groups in total. The minimum absolute atomic E-state index is 0.0337. The lowest BCUT2D eigenvalue weighted by molar-refractivity contribution is -0.384. The van der Waals surface area contributed by atoms with E-state index in [4.69, 9.17) is 27.9 Å². The standard InChI is InChI=1S/C16H12Cl2N2O5/c1-9-5-6-12(17)15(14(9)18)19-13(21)8-25-16(22)10-3-2-4-11(7-10)20(23)24/h2-7H,8H2,1H3,(H,19,21). The minimum atomic E-state index is -0.861. The molecule has 0 unspecified atom stereocenters. The van der Waals surface area contributed by atoms with Gasteiger partial charge in [-0.2, -0.15) is 0 Å². The van der Waals surface area contributed by atoms with E-state index in [0.29, 0.717) is 0 Å². The van der Waals surface area contributed by atoms with Crippen molar-refractivity contribution in [3.63, 3.8) is 0 Å². The fraction of sp³-hybridized carbons (Fsp3) is 0.125. The maximum atomic E-state index is 11.9. The van der Waals surface area contributed by atoms with Gasteiger partial charge in [-0.3, -0.25) is 14.9 Å². The van der Waals surface area contributed by atoms with E-state index in [0.717, 1.165) is 11.6 Å². The van der Waals surface area contributed by atoms with Crippen molar-refractivity contribution in [3.05, 3.63) is 67.7 Å². The predicted octanol–water partition coefficient (Wildman–Crippen LogP) is 4.01. The number of hydrogen-bond donors (Lipinski definition) is 1. The number of ether oxygens (including phenoxy) is 1. The van der Waals surface area contributed by atoms with Crippen LogP contribution in [0.3, 0.4) is 0 Å².